The number of aromatic nitrogens is 1. The lowest BCUT2D eigenvalue weighted by Crippen LogP contribution is -2.38. The molecule has 0 bridgehead atoms. The zero-order chi connectivity index (χ0) is 24.4. The van der Waals surface area contributed by atoms with Crippen LogP contribution in [0.5, 0.6) is 5.75 Å². The largest absolute Gasteiger partial charge is 0.495 e. The van der Waals surface area contributed by atoms with E-state index in [2.05, 4.69) is 23.2 Å². The van der Waals surface area contributed by atoms with Crippen LogP contribution in [0.15, 0.2) is 53.4 Å². The maximum atomic E-state index is 13.5. The molecule has 0 saturated carbocycles. The second-order valence-electron chi connectivity index (χ2n) is 9.56. The second kappa shape index (κ2) is 10.0. The van der Waals surface area contributed by atoms with Crippen LogP contribution in [0.25, 0.3) is 10.9 Å². The van der Waals surface area contributed by atoms with Crippen molar-refractivity contribution in [1.29, 1.82) is 0 Å². The summed E-state index contributed by atoms with van der Waals surface area (Å²) in [5.41, 5.74) is 2.74. The first-order valence-electron chi connectivity index (χ1n) is 12.5. The topological polar surface area (TPSA) is 82.7 Å². The van der Waals surface area contributed by atoms with Gasteiger partial charge in [0, 0.05) is 48.9 Å². The summed E-state index contributed by atoms with van der Waals surface area (Å²) in [4.78, 5) is 18.8. The van der Waals surface area contributed by atoms with Gasteiger partial charge < -0.3 is 14.6 Å². The molecule has 2 aliphatic heterocycles. The van der Waals surface area contributed by atoms with Gasteiger partial charge in [0.2, 0.25) is 10.0 Å². The van der Waals surface area contributed by atoms with E-state index in [-0.39, 0.29) is 16.6 Å². The van der Waals surface area contributed by atoms with Crippen molar-refractivity contribution < 1.29 is 17.9 Å². The molecular formula is C27H33N3O4S. The number of hydrogen-bond acceptors (Lipinski definition) is 4. The van der Waals surface area contributed by atoms with E-state index in [0.717, 1.165) is 44.0 Å². The molecule has 0 unspecified atom stereocenters. The summed E-state index contributed by atoms with van der Waals surface area (Å²) in [6.45, 7) is 2.29. The summed E-state index contributed by atoms with van der Waals surface area (Å²) in [5.74, 6) is 0.527. The molecule has 8 heteroatoms. The number of aromatic amines is 1. The third-order valence-electron chi connectivity index (χ3n) is 7.37. The number of methoxy groups -OCH3 is 1. The van der Waals surface area contributed by atoms with Crippen molar-refractivity contribution in [2.75, 3.05) is 33.3 Å². The molecular weight excluding hydrogens is 462 g/mol. The quantitative estimate of drug-likeness (QED) is 0.553. The average Bonchev–Trinajstić information content (AvgIpc) is 3.13. The summed E-state index contributed by atoms with van der Waals surface area (Å²) in [6.07, 6.45) is 5.52. The number of rotatable bonds is 5. The highest BCUT2D eigenvalue weighted by atomic mass is 32.2. The Hall–Kier alpha value is -2.84. The van der Waals surface area contributed by atoms with Crippen LogP contribution in [-0.4, -0.2) is 61.8 Å². The van der Waals surface area contributed by atoms with Crippen LogP contribution in [-0.2, 0) is 10.0 Å². The van der Waals surface area contributed by atoms with Crippen LogP contribution < -0.4 is 4.74 Å². The van der Waals surface area contributed by atoms with Crippen molar-refractivity contribution in [1.82, 2.24) is 14.2 Å². The number of carbonyl (C=O) groups excluding carboxylic acids is 1. The van der Waals surface area contributed by atoms with Gasteiger partial charge in [-0.15, -0.1) is 0 Å². The molecule has 1 aromatic heterocycles. The minimum absolute atomic E-state index is 0.0840. The molecule has 2 aromatic carbocycles. The van der Waals surface area contributed by atoms with E-state index in [9.17, 15) is 13.2 Å². The minimum atomic E-state index is -3.74. The molecule has 0 spiro atoms. The first kappa shape index (κ1) is 23.9. The predicted octanol–water partition coefficient (Wildman–Crippen LogP) is 4.76. The number of sulfonamides is 1. The minimum Gasteiger partial charge on any atom is -0.495 e. The molecule has 2 saturated heterocycles. The number of likely N-dealkylation sites (tertiary alicyclic amines) is 1. The van der Waals surface area contributed by atoms with Crippen molar-refractivity contribution in [3.63, 3.8) is 0 Å². The van der Waals surface area contributed by atoms with Crippen molar-refractivity contribution >= 4 is 26.8 Å². The van der Waals surface area contributed by atoms with Crippen LogP contribution >= 0.6 is 0 Å². The van der Waals surface area contributed by atoms with Crippen molar-refractivity contribution in [2.45, 2.75) is 49.3 Å². The summed E-state index contributed by atoms with van der Waals surface area (Å²) in [6, 6.07) is 15.2. The number of nitrogens with zero attached hydrogens (tertiary/aromatic N) is 2. The Morgan fingerprint density at radius 2 is 1.66 bits per heavy atom. The fourth-order valence-electron chi connectivity index (χ4n) is 5.32. The van der Waals surface area contributed by atoms with Gasteiger partial charge in [-0.25, -0.2) is 8.42 Å². The Bertz CT molecular complexity index is 1270. The van der Waals surface area contributed by atoms with E-state index < -0.39 is 10.0 Å². The maximum absolute atomic E-state index is 13.5. The van der Waals surface area contributed by atoms with Gasteiger partial charge in [-0.05, 0) is 61.4 Å². The SMILES string of the molecule is COc1ccc(C(=O)N2CCC(c3cc4ccccc4[nH]3)CC2)cc1S(=O)(=O)N1CCCCCC1. The number of amides is 1. The van der Waals surface area contributed by atoms with Crippen LogP contribution in [0, 0.1) is 0 Å². The maximum Gasteiger partial charge on any atom is 0.253 e. The second-order valence-corrected chi connectivity index (χ2v) is 11.5. The number of piperidine rings is 1. The highest BCUT2D eigenvalue weighted by Crippen LogP contribution is 2.32. The number of H-pyrrole nitrogens is 1. The molecule has 186 valence electrons. The Morgan fingerprint density at radius 1 is 0.943 bits per heavy atom. The first-order valence-corrected chi connectivity index (χ1v) is 14.0. The predicted molar refractivity (Wildman–Crippen MR) is 136 cm³/mol. The summed E-state index contributed by atoms with van der Waals surface area (Å²) in [7, 11) is -2.27. The lowest BCUT2D eigenvalue weighted by molar-refractivity contribution is 0.0712. The lowest BCUT2D eigenvalue weighted by atomic mass is 9.93. The molecule has 0 atom stereocenters. The molecule has 1 N–H and O–H groups in total. The van der Waals surface area contributed by atoms with Gasteiger partial charge in [0.15, 0.2) is 0 Å². The van der Waals surface area contributed by atoms with Crippen LogP contribution in [0.2, 0.25) is 0 Å². The molecule has 7 nitrogen and oxygen atoms in total. The molecule has 5 rings (SSSR count). The van der Waals surface area contributed by atoms with Gasteiger partial charge in [0.1, 0.15) is 10.6 Å². The van der Waals surface area contributed by atoms with Gasteiger partial charge in [0.25, 0.3) is 5.91 Å². The molecule has 3 aromatic rings. The Labute approximate surface area is 207 Å². The highest BCUT2D eigenvalue weighted by Gasteiger charge is 2.31. The van der Waals surface area contributed by atoms with Gasteiger partial charge in [0.05, 0.1) is 7.11 Å². The molecule has 2 fully saturated rings. The van der Waals surface area contributed by atoms with Gasteiger partial charge in [-0.2, -0.15) is 4.31 Å². The van der Waals surface area contributed by atoms with Crippen molar-refractivity contribution in [2.24, 2.45) is 0 Å². The highest BCUT2D eigenvalue weighted by molar-refractivity contribution is 7.89. The number of carbonyl (C=O) groups is 1. The van der Waals surface area contributed by atoms with Gasteiger partial charge in [-0.1, -0.05) is 31.0 Å². The first-order chi connectivity index (χ1) is 17.0. The lowest BCUT2D eigenvalue weighted by Gasteiger charge is -2.32. The number of benzene rings is 2. The zero-order valence-corrected chi connectivity index (χ0v) is 21.0. The van der Waals surface area contributed by atoms with Crippen LogP contribution in [0.3, 0.4) is 0 Å². The van der Waals surface area contributed by atoms with Gasteiger partial charge in [-0.3, -0.25) is 4.79 Å². The van der Waals surface area contributed by atoms with E-state index in [1.54, 1.807) is 12.1 Å². The Morgan fingerprint density at radius 3 is 2.34 bits per heavy atom. The number of hydrogen-bond donors (Lipinski definition) is 1. The van der Waals surface area contributed by atoms with Crippen molar-refractivity contribution in [3.05, 3.63) is 59.8 Å². The van der Waals surface area contributed by atoms with Crippen LogP contribution in [0.4, 0.5) is 0 Å². The van der Waals surface area contributed by atoms with E-state index >= 15 is 0 Å². The third kappa shape index (κ3) is 4.82. The molecule has 0 aliphatic carbocycles. The summed E-state index contributed by atoms with van der Waals surface area (Å²) >= 11 is 0. The Balaban J connectivity index is 1.32. The average molecular weight is 496 g/mol. The van der Waals surface area contributed by atoms with Crippen molar-refractivity contribution in [3.8, 4) is 5.75 Å². The monoisotopic (exact) mass is 495 g/mol. The van der Waals surface area contributed by atoms with Crippen LogP contribution in [0.1, 0.15) is 60.5 Å². The smallest absolute Gasteiger partial charge is 0.253 e. The molecule has 1 amide bonds. The van der Waals surface area contributed by atoms with E-state index in [1.165, 1.54) is 28.6 Å². The fraction of sp³-hybridized carbons (Fsp3) is 0.444. The third-order valence-corrected chi connectivity index (χ3v) is 9.29. The van der Waals surface area contributed by atoms with E-state index in [1.807, 2.05) is 17.0 Å². The Kier molecular flexibility index (Phi) is 6.84. The zero-order valence-electron chi connectivity index (χ0n) is 20.2. The van der Waals surface area contributed by atoms with E-state index in [4.69, 9.17) is 4.74 Å². The van der Waals surface area contributed by atoms with Gasteiger partial charge >= 0.3 is 0 Å². The number of para-hydroxylation sites is 1. The molecule has 3 heterocycles. The summed E-state index contributed by atoms with van der Waals surface area (Å²) in [5, 5.41) is 1.21. The molecule has 0 radical (unpaired) electrons. The number of fused-ring (bicyclic) bond motifs is 1. The normalized spacial score (nSPS) is 18.5. The summed E-state index contributed by atoms with van der Waals surface area (Å²) < 4.78 is 33.9. The molecule has 35 heavy (non-hydrogen) atoms. The van der Waals surface area contributed by atoms with E-state index in [0.29, 0.717) is 37.7 Å². The standard InChI is InChI=1S/C27H33N3O4S/c1-34-25-11-10-22(19-26(25)35(32,33)30-14-6-2-3-7-15-30)27(31)29-16-12-20(13-17-29)24-18-21-8-4-5-9-23(21)28-24/h4-5,8-11,18-20,28H,2-3,6-7,12-17H2,1H3. The number of nitrogens with one attached hydrogen (secondary N) is 1. The fourth-order valence-corrected chi connectivity index (χ4v) is 7.02. The molecule has 2 aliphatic rings. The number of ether oxygens (including phenoxy) is 1.